The van der Waals surface area contributed by atoms with Gasteiger partial charge in [0.25, 0.3) is 0 Å². The highest BCUT2D eigenvalue weighted by atomic mass is 15.1. The topological polar surface area (TPSA) is 63.8 Å². The van der Waals surface area contributed by atoms with Gasteiger partial charge in [-0.25, -0.2) is 9.97 Å². The van der Waals surface area contributed by atoms with Gasteiger partial charge in [-0.05, 0) is 31.6 Å². The Morgan fingerprint density at radius 1 is 1.26 bits per heavy atom. The summed E-state index contributed by atoms with van der Waals surface area (Å²) in [5.41, 5.74) is 7.06. The third kappa shape index (κ3) is 3.82. The second-order valence-electron chi connectivity index (χ2n) is 5.79. The number of hydrogen-bond donors (Lipinski definition) is 2. The third-order valence-corrected chi connectivity index (χ3v) is 4.08. The van der Waals surface area contributed by atoms with Gasteiger partial charge in [-0.1, -0.05) is 33.1 Å². The van der Waals surface area contributed by atoms with Crippen LogP contribution in [0.1, 0.15) is 57.9 Å². The molecule has 0 bridgehead atoms. The van der Waals surface area contributed by atoms with E-state index in [0.717, 1.165) is 30.1 Å². The molecule has 4 nitrogen and oxygen atoms in total. The van der Waals surface area contributed by atoms with Crippen molar-refractivity contribution in [2.24, 2.45) is 5.92 Å². The van der Waals surface area contributed by atoms with E-state index in [0.29, 0.717) is 11.9 Å². The van der Waals surface area contributed by atoms with Crippen LogP contribution in [0.3, 0.4) is 0 Å². The zero-order chi connectivity index (χ0) is 13.7. The number of nitrogens with zero attached hydrogens (tertiary/aromatic N) is 2. The predicted octanol–water partition coefficient (Wildman–Crippen LogP) is 3.39. The van der Waals surface area contributed by atoms with Gasteiger partial charge in [-0.15, -0.1) is 0 Å². The fraction of sp³-hybridized carbons (Fsp3) is 0.733. The predicted molar refractivity (Wildman–Crippen MR) is 80.1 cm³/mol. The molecule has 0 amide bonds. The van der Waals surface area contributed by atoms with Crippen molar-refractivity contribution < 1.29 is 0 Å². The molecule has 1 saturated carbocycles. The van der Waals surface area contributed by atoms with Crippen LogP contribution in [0.4, 0.5) is 11.6 Å². The molecule has 19 heavy (non-hydrogen) atoms. The van der Waals surface area contributed by atoms with Gasteiger partial charge in [-0.2, -0.15) is 0 Å². The maximum Gasteiger partial charge on any atom is 0.134 e. The smallest absolute Gasteiger partial charge is 0.134 e. The number of hydrogen-bond acceptors (Lipinski definition) is 4. The molecule has 106 valence electrons. The summed E-state index contributed by atoms with van der Waals surface area (Å²) in [6.07, 6.45) is 10.0. The second-order valence-corrected chi connectivity index (χ2v) is 5.79. The van der Waals surface area contributed by atoms with Crippen LogP contribution in [-0.2, 0) is 6.42 Å². The SMILES string of the molecule is CCCc1c(N)ncnc1NC1CCCC(C)CC1. The van der Waals surface area contributed by atoms with Crippen LogP contribution in [0.5, 0.6) is 0 Å². The Kier molecular flexibility index (Phi) is 5.00. The van der Waals surface area contributed by atoms with Gasteiger partial charge >= 0.3 is 0 Å². The minimum atomic E-state index is 0.537. The van der Waals surface area contributed by atoms with E-state index in [1.165, 1.54) is 32.1 Å². The minimum Gasteiger partial charge on any atom is -0.383 e. The molecule has 1 aromatic rings. The Morgan fingerprint density at radius 3 is 2.89 bits per heavy atom. The summed E-state index contributed by atoms with van der Waals surface area (Å²) >= 11 is 0. The van der Waals surface area contributed by atoms with E-state index in [-0.39, 0.29) is 0 Å². The first-order valence-electron chi connectivity index (χ1n) is 7.56. The summed E-state index contributed by atoms with van der Waals surface area (Å²) in [6.45, 7) is 4.51. The van der Waals surface area contributed by atoms with Crippen molar-refractivity contribution in [1.82, 2.24) is 9.97 Å². The molecule has 0 saturated heterocycles. The van der Waals surface area contributed by atoms with Crippen LogP contribution >= 0.6 is 0 Å². The van der Waals surface area contributed by atoms with E-state index in [4.69, 9.17) is 5.73 Å². The van der Waals surface area contributed by atoms with Crippen LogP contribution in [0, 0.1) is 5.92 Å². The first-order valence-corrected chi connectivity index (χ1v) is 7.56. The zero-order valence-corrected chi connectivity index (χ0v) is 12.2. The number of anilines is 2. The molecule has 3 N–H and O–H groups in total. The number of nitrogens with two attached hydrogens (primary N) is 1. The fourth-order valence-electron chi connectivity index (χ4n) is 2.87. The maximum absolute atomic E-state index is 5.97. The van der Waals surface area contributed by atoms with Crippen molar-refractivity contribution >= 4 is 11.6 Å². The average Bonchev–Trinajstić information content (AvgIpc) is 2.59. The highest BCUT2D eigenvalue weighted by Gasteiger charge is 2.18. The van der Waals surface area contributed by atoms with Crippen LogP contribution in [0.2, 0.25) is 0 Å². The lowest BCUT2D eigenvalue weighted by atomic mass is 10.0. The normalized spacial score (nSPS) is 23.9. The quantitative estimate of drug-likeness (QED) is 0.816. The van der Waals surface area contributed by atoms with E-state index in [1.54, 1.807) is 6.33 Å². The zero-order valence-electron chi connectivity index (χ0n) is 12.2. The minimum absolute atomic E-state index is 0.537. The molecule has 1 fully saturated rings. The lowest BCUT2D eigenvalue weighted by Gasteiger charge is -2.19. The standard InChI is InChI=1S/C15H26N4/c1-3-5-13-14(16)17-10-18-15(13)19-12-7-4-6-11(2)8-9-12/h10-12H,3-9H2,1-2H3,(H3,16,17,18,19). The maximum atomic E-state index is 5.97. The van der Waals surface area contributed by atoms with E-state index in [9.17, 15) is 0 Å². The molecule has 0 aromatic carbocycles. The van der Waals surface area contributed by atoms with Crippen molar-refractivity contribution in [3.05, 3.63) is 11.9 Å². The molecule has 2 rings (SSSR count). The summed E-state index contributed by atoms with van der Waals surface area (Å²) < 4.78 is 0. The Balaban J connectivity index is 2.07. The molecule has 2 atom stereocenters. The van der Waals surface area contributed by atoms with E-state index in [1.807, 2.05) is 0 Å². The highest BCUT2D eigenvalue weighted by molar-refractivity contribution is 5.55. The van der Waals surface area contributed by atoms with Crippen molar-refractivity contribution in [1.29, 1.82) is 0 Å². The molecule has 0 aliphatic heterocycles. The molecule has 1 aliphatic rings. The number of rotatable bonds is 4. The van der Waals surface area contributed by atoms with Crippen LogP contribution < -0.4 is 11.1 Å². The Labute approximate surface area is 116 Å². The molecule has 0 radical (unpaired) electrons. The van der Waals surface area contributed by atoms with Gasteiger partial charge < -0.3 is 11.1 Å². The van der Waals surface area contributed by atoms with E-state index >= 15 is 0 Å². The second kappa shape index (κ2) is 6.73. The molecule has 0 spiro atoms. The lowest BCUT2D eigenvalue weighted by Crippen LogP contribution is -2.21. The first-order chi connectivity index (χ1) is 9.20. The van der Waals surface area contributed by atoms with E-state index in [2.05, 4.69) is 29.1 Å². The van der Waals surface area contributed by atoms with Gasteiger partial charge in [0.15, 0.2) is 0 Å². The summed E-state index contributed by atoms with van der Waals surface area (Å²) in [5.74, 6) is 2.44. The number of aromatic nitrogens is 2. The van der Waals surface area contributed by atoms with Gasteiger partial charge in [-0.3, -0.25) is 0 Å². The van der Waals surface area contributed by atoms with Gasteiger partial charge in [0, 0.05) is 11.6 Å². The Hall–Kier alpha value is -1.32. The number of nitrogen functional groups attached to an aromatic ring is 1. The summed E-state index contributed by atoms with van der Waals surface area (Å²) in [7, 11) is 0. The van der Waals surface area contributed by atoms with E-state index < -0.39 is 0 Å². The first kappa shape index (κ1) is 14.1. The fourth-order valence-corrected chi connectivity index (χ4v) is 2.87. The molecule has 1 heterocycles. The van der Waals surface area contributed by atoms with Crippen LogP contribution in [0.15, 0.2) is 6.33 Å². The monoisotopic (exact) mass is 262 g/mol. The molecule has 1 aliphatic carbocycles. The summed E-state index contributed by atoms with van der Waals surface area (Å²) in [6, 6.07) is 0.537. The van der Waals surface area contributed by atoms with Gasteiger partial charge in [0.2, 0.25) is 0 Å². The summed E-state index contributed by atoms with van der Waals surface area (Å²) in [5, 5.41) is 3.60. The average molecular weight is 262 g/mol. The van der Waals surface area contributed by atoms with Crippen LogP contribution in [-0.4, -0.2) is 16.0 Å². The largest absolute Gasteiger partial charge is 0.383 e. The molecular formula is C15H26N4. The van der Waals surface area contributed by atoms with Gasteiger partial charge in [0.05, 0.1) is 0 Å². The van der Waals surface area contributed by atoms with Crippen LogP contribution in [0.25, 0.3) is 0 Å². The molecule has 1 aromatic heterocycles. The lowest BCUT2D eigenvalue weighted by molar-refractivity contribution is 0.501. The van der Waals surface area contributed by atoms with Crippen molar-refractivity contribution in [2.45, 2.75) is 64.8 Å². The third-order valence-electron chi connectivity index (χ3n) is 4.08. The van der Waals surface area contributed by atoms with Crippen molar-refractivity contribution in [3.8, 4) is 0 Å². The summed E-state index contributed by atoms with van der Waals surface area (Å²) in [4.78, 5) is 8.51. The molecule has 2 unspecified atom stereocenters. The Bertz CT molecular complexity index is 405. The molecular weight excluding hydrogens is 236 g/mol. The Morgan fingerprint density at radius 2 is 2.11 bits per heavy atom. The molecule has 4 heteroatoms. The van der Waals surface area contributed by atoms with Crippen molar-refractivity contribution in [2.75, 3.05) is 11.1 Å². The van der Waals surface area contributed by atoms with Crippen molar-refractivity contribution in [3.63, 3.8) is 0 Å². The van der Waals surface area contributed by atoms with Gasteiger partial charge in [0.1, 0.15) is 18.0 Å². The highest BCUT2D eigenvalue weighted by Crippen LogP contribution is 2.26. The number of nitrogens with one attached hydrogen (secondary N) is 1.